The molecular weight excluding hydrogens is 258 g/mol. The number of rotatable bonds is 4. The minimum Gasteiger partial charge on any atom is -0.353 e. The number of hydrogen-bond donors (Lipinski definition) is 1. The van der Waals surface area contributed by atoms with Crippen LogP contribution >= 0.6 is 0 Å². The van der Waals surface area contributed by atoms with Gasteiger partial charge in [0, 0.05) is 6.04 Å². The van der Waals surface area contributed by atoms with E-state index in [9.17, 15) is 4.79 Å². The molecule has 0 aliphatic heterocycles. The van der Waals surface area contributed by atoms with E-state index in [0.29, 0.717) is 6.04 Å². The molecule has 1 amide bonds. The van der Waals surface area contributed by atoms with Crippen molar-refractivity contribution in [3.05, 3.63) is 71.8 Å². The summed E-state index contributed by atoms with van der Waals surface area (Å²) in [6, 6.07) is 20.4. The second-order valence-corrected chi connectivity index (χ2v) is 5.74. The molecule has 1 N–H and O–H groups in total. The molecule has 108 valence electrons. The van der Waals surface area contributed by atoms with Gasteiger partial charge in [-0.15, -0.1) is 0 Å². The number of nitrogens with one attached hydrogen (secondary N) is 1. The summed E-state index contributed by atoms with van der Waals surface area (Å²) in [4.78, 5) is 12.8. The van der Waals surface area contributed by atoms with Gasteiger partial charge in [-0.1, -0.05) is 73.5 Å². The van der Waals surface area contributed by atoms with Gasteiger partial charge in [0.15, 0.2) is 0 Å². The van der Waals surface area contributed by atoms with E-state index in [2.05, 4.69) is 5.32 Å². The van der Waals surface area contributed by atoms with E-state index in [1.54, 1.807) is 0 Å². The first-order valence-electron chi connectivity index (χ1n) is 7.75. The standard InChI is InChI=1S/C19H21NO/c21-19(20-17-13-7-8-14-17)18(15-9-3-1-4-10-15)16-11-5-2-6-12-16/h1-6,9-12,17-18H,7-8,13-14H2,(H,20,21). The molecule has 0 unspecified atom stereocenters. The Morgan fingerprint density at radius 3 is 1.81 bits per heavy atom. The van der Waals surface area contributed by atoms with E-state index < -0.39 is 0 Å². The van der Waals surface area contributed by atoms with Crippen molar-refractivity contribution in [3.63, 3.8) is 0 Å². The molecule has 0 atom stereocenters. The monoisotopic (exact) mass is 279 g/mol. The Balaban J connectivity index is 1.87. The van der Waals surface area contributed by atoms with Crippen molar-refractivity contribution < 1.29 is 4.79 Å². The highest BCUT2D eigenvalue weighted by molar-refractivity contribution is 5.87. The zero-order valence-electron chi connectivity index (χ0n) is 12.2. The van der Waals surface area contributed by atoms with Crippen molar-refractivity contribution in [2.45, 2.75) is 37.6 Å². The van der Waals surface area contributed by atoms with Gasteiger partial charge in [-0.25, -0.2) is 0 Å². The Morgan fingerprint density at radius 1 is 0.857 bits per heavy atom. The van der Waals surface area contributed by atoms with Gasteiger partial charge in [-0.3, -0.25) is 4.79 Å². The average Bonchev–Trinajstić information content (AvgIpc) is 3.02. The smallest absolute Gasteiger partial charge is 0.232 e. The molecular formula is C19H21NO. The quantitative estimate of drug-likeness (QED) is 0.904. The summed E-state index contributed by atoms with van der Waals surface area (Å²) in [5.41, 5.74) is 2.11. The van der Waals surface area contributed by atoms with Gasteiger partial charge >= 0.3 is 0 Å². The zero-order chi connectivity index (χ0) is 14.5. The SMILES string of the molecule is O=C(NC1CCCC1)C(c1ccccc1)c1ccccc1. The maximum absolute atomic E-state index is 12.8. The predicted octanol–water partition coefficient (Wildman–Crippen LogP) is 3.88. The van der Waals surface area contributed by atoms with Gasteiger partial charge in [0.1, 0.15) is 0 Å². The Labute approximate surface area is 126 Å². The van der Waals surface area contributed by atoms with Crippen LogP contribution in [0.2, 0.25) is 0 Å². The molecule has 1 aliphatic rings. The minimum absolute atomic E-state index is 0.124. The fourth-order valence-electron chi connectivity index (χ4n) is 3.14. The third-order valence-corrected chi connectivity index (χ3v) is 4.23. The molecule has 0 saturated heterocycles. The van der Waals surface area contributed by atoms with E-state index in [1.807, 2.05) is 60.7 Å². The van der Waals surface area contributed by atoms with Gasteiger partial charge in [0.2, 0.25) is 5.91 Å². The summed E-state index contributed by atoms with van der Waals surface area (Å²) in [5.74, 6) is -0.0905. The summed E-state index contributed by atoms with van der Waals surface area (Å²) >= 11 is 0. The van der Waals surface area contributed by atoms with Crippen LogP contribution in [-0.4, -0.2) is 11.9 Å². The number of carbonyl (C=O) groups excluding carboxylic acids is 1. The maximum atomic E-state index is 12.8. The van der Waals surface area contributed by atoms with E-state index >= 15 is 0 Å². The fraction of sp³-hybridized carbons (Fsp3) is 0.316. The second-order valence-electron chi connectivity index (χ2n) is 5.74. The van der Waals surface area contributed by atoms with Crippen LogP contribution in [0.5, 0.6) is 0 Å². The largest absolute Gasteiger partial charge is 0.353 e. The van der Waals surface area contributed by atoms with E-state index in [4.69, 9.17) is 0 Å². The summed E-state index contributed by atoms with van der Waals surface area (Å²) in [7, 11) is 0. The number of hydrogen-bond acceptors (Lipinski definition) is 1. The van der Waals surface area contributed by atoms with E-state index in [-0.39, 0.29) is 11.8 Å². The molecule has 2 nitrogen and oxygen atoms in total. The lowest BCUT2D eigenvalue weighted by molar-refractivity contribution is -0.122. The summed E-state index contributed by atoms with van der Waals surface area (Å²) in [5, 5.41) is 3.24. The van der Waals surface area contributed by atoms with Crippen molar-refractivity contribution in [2.24, 2.45) is 0 Å². The fourth-order valence-corrected chi connectivity index (χ4v) is 3.14. The molecule has 0 bridgehead atoms. The topological polar surface area (TPSA) is 29.1 Å². The molecule has 0 spiro atoms. The average molecular weight is 279 g/mol. The highest BCUT2D eigenvalue weighted by Crippen LogP contribution is 2.26. The molecule has 1 aliphatic carbocycles. The van der Waals surface area contributed by atoms with Crippen LogP contribution in [-0.2, 0) is 4.79 Å². The van der Waals surface area contributed by atoms with Gasteiger partial charge in [0.25, 0.3) is 0 Å². The van der Waals surface area contributed by atoms with Crippen molar-refractivity contribution in [1.29, 1.82) is 0 Å². The molecule has 2 aromatic rings. The van der Waals surface area contributed by atoms with Crippen molar-refractivity contribution in [3.8, 4) is 0 Å². The van der Waals surface area contributed by atoms with Crippen LogP contribution in [0.1, 0.15) is 42.7 Å². The maximum Gasteiger partial charge on any atom is 0.232 e. The lowest BCUT2D eigenvalue weighted by Gasteiger charge is -2.20. The van der Waals surface area contributed by atoms with Crippen LogP contribution in [0, 0.1) is 0 Å². The molecule has 0 aromatic heterocycles. The van der Waals surface area contributed by atoms with Crippen LogP contribution < -0.4 is 5.32 Å². The van der Waals surface area contributed by atoms with Gasteiger partial charge in [-0.2, -0.15) is 0 Å². The summed E-state index contributed by atoms with van der Waals surface area (Å²) in [6.45, 7) is 0. The lowest BCUT2D eigenvalue weighted by Crippen LogP contribution is -2.36. The summed E-state index contributed by atoms with van der Waals surface area (Å²) < 4.78 is 0. The molecule has 1 saturated carbocycles. The first kappa shape index (κ1) is 13.9. The Kier molecular flexibility index (Phi) is 4.34. The molecule has 21 heavy (non-hydrogen) atoms. The summed E-state index contributed by atoms with van der Waals surface area (Å²) in [6.07, 6.45) is 4.68. The molecule has 1 fully saturated rings. The normalized spacial score (nSPS) is 15.3. The molecule has 0 radical (unpaired) electrons. The van der Waals surface area contributed by atoms with Gasteiger partial charge in [0.05, 0.1) is 5.92 Å². The molecule has 3 rings (SSSR count). The van der Waals surface area contributed by atoms with Crippen LogP contribution in [0.25, 0.3) is 0 Å². The van der Waals surface area contributed by atoms with E-state index in [1.165, 1.54) is 12.8 Å². The van der Waals surface area contributed by atoms with Crippen LogP contribution in [0.15, 0.2) is 60.7 Å². The third kappa shape index (κ3) is 3.33. The van der Waals surface area contributed by atoms with Crippen LogP contribution in [0.3, 0.4) is 0 Å². The predicted molar refractivity (Wildman–Crippen MR) is 85.1 cm³/mol. The zero-order valence-corrected chi connectivity index (χ0v) is 12.2. The Morgan fingerprint density at radius 2 is 1.33 bits per heavy atom. The Hall–Kier alpha value is -2.09. The Bertz CT molecular complexity index is 534. The minimum atomic E-state index is -0.215. The first-order chi connectivity index (χ1) is 10.3. The van der Waals surface area contributed by atoms with E-state index in [0.717, 1.165) is 24.0 Å². The first-order valence-corrected chi connectivity index (χ1v) is 7.75. The van der Waals surface area contributed by atoms with Crippen LogP contribution in [0.4, 0.5) is 0 Å². The number of carbonyl (C=O) groups is 1. The third-order valence-electron chi connectivity index (χ3n) is 4.23. The van der Waals surface area contributed by atoms with Gasteiger partial charge < -0.3 is 5.32 Å². The lowest BCUT2D eigenvalue weighted by atomic mass is 9.90. The highest BCUT2D eigenvalue weighted by atomic mass is 16.1. The van der Waals surface area contributed by atoms with Crippen molar-refractivity contribution >= 4 is 5.91 Å². The molecule has 2 heteroatoms. The van der Waals surface area contributed by atoms with Crippen molar-refractivity contribution in [1.82, 2.24) is 5.32 Å². The highest BCUT2D eigenvalue weighted by Gasteiger charge is 2.25. The van der Waals surface area contributed by atoms with Crippen molar-refractivity contribution in [2.75, 3.05) is 0 Å². The number of benzene rings is 2. The molecule has 2 aromatic carbocycles. The second kappa shape index (κ2) is 6.57. The number of amides is 1. The molecule has 0 heterocycles. The van der Waals surface area contributed by atoms with Gasteiger partial charge in [-0.05, 0) is 24.0 Å².